The molecule has 2 aromatic carbocycles. The van der Waals surface area contributed by atoms with Gasteiger partial charge in [0, 0.05) is 18.0 Å². The Bertz CT molecular complexity index is 1110. The topological polar surface area (TPSA) is 63.1 Å². The van der Waals surface area contributed by atoms with Crippen LogP contribution in [0.2, 0.25) is 0 Å². The quantitative estimate of drug-likeness (QED) is 0.474. The zero-order chi connectivity index (χ0) is 18.6. The maximum absolute atomic E-state index is 10.9. The fraction of sp³-hybridized carbons (Fsp3) is 0.136. The minimum absolute atomic E-state index is 0.157. The molecule has 4 rings (SSSR count). The van der Waals surface area contributed by atoms with Gasteiger partial charge in [-0.05, 0) is 60.4 Å². The largest absolute Gasteiger partial charge is 0.481 e. The lowest BCUT2D eigenvalue weighted by Gasteiger charge is -2.05. The van der Waals surface area contributed by atoms with Gasteiger partial charge in [-0.3, -0.25) is 9.78 Å². The predicted octanol–water partition coefficient (Wildman–Crippen LogP) is 5.64. The number of para-hydroxylation sites is 1. The molecule has 0 atom stereocenters. The Morgan fingerprint density at radius 2 is 1.93 bits per heavy atom. The Hall–Kier alpha value is -3.05. The molecule has 4 nitrogen and oxygen atoms in total. The smallest absolute Gasteiger partial charge is 0.303 e. The maximum atomic E-state index is 10.9. The van der Waals surface area contributed by atoms with Gasteiger partial charge in [0.25, 0.3) is 0 Å². The SMILES string of the molecule is O=C(O)CCC/C(=C/c1ccc2ncccc2c1)c1nc2ccccc2s1. The van der Waals surface area contributed by atoms with E-state index in [0.29, 0.717) is 12.8 Å². The van der Waals surface area contributed by atoms with E-state index in [9.17, 15) is 4.79 Å². The Morgan fingerprint density at radius 1 is 1.04 bits per heavy atom. The number of hydrogen-bond donors (Lipinski definition) is 1. The van der Waals surface area contributed by atoms with E-state index in [1.807, 2.05) is 42.5 Å². The summed E-state index contributed by atoms with van der Waals surface area (Å²) >= 11 is 1.65. The average Bonchev–Trinajstić information content (AvgIpc) is 3.11. The number of carboxylic acid groups (broad SMARTS) is 1. The molecule has 0 saturated heterocycles. The second-order valence-electron chi connectivity index (χ2n) is 6.36. The summed E-state index contributed by atoms with van der Waals surface area (Å²) in [6.45, 7) is 0. The number of nitrogens with zero attached hydrogens (tertiary/aromatic N) is 2. The summed E-state index contributed by atoms with van der Waals surface area (Å²) in [6, 6.07) is 18.2. The zero-order valence-corrected chi connectivity index (χ0v) is 15.4. The second-order valence-corrected chi connectivity index (χ2v) is 7.39. The van der Waals surface area contributed by atoms with E-state index in [2.05, 4.69) is 23.2 Å². The molecule has 0 aliphatic heterocycles. The first-order chi connectivity index (χ1) is 13.2. The normalized spacial score (nSPS) is 11.9. The van der Waals surface area contributed by atoms with Crippen LogP contribution < -0.4 is 0 Å². The summed E-state index contributed by atoms with van der Waals surface area (Å²) < 4.78 is 1.14. The van der Waals surface area contributed by atoms with Crippen LogP contribution in [0.1, 0.15) is 29.8 Å². The molecule has 0 radical (unpaired) electrons. The fourth-order valence-corrected chi connectivity index (χ4v) is 4.07. The van der Waals surface area contributed by atoms with Crippen molar-refractivity contribution in [2.75, 3.05) is 0 Å². The van der Waals surface area contributed by atoms with Crippen molar-refractivity contribution in [2.45, 2.75) is 19.3 Å². The lowest BCUT2D eigenvalue weighted by Crippen LogP contribution is -1.94. The third-order valence-electron chi connectivity index (χ3n) is 4.37. The number of allylic oxidation sites excluding steroid dienone is 1. The highest BCUT2D eigenvalue weighted by molar-refractivity contribution is 7.19. The maximum Gasteiger partial charge on any atom is 0.303 e. The minimum atomic E-state index is -0.768. The van der Waals surface area contributed by atoms with Gasteiger partial charge in [-0.1, -0.05) is 24.3 Å². The van der Waals surface area contributed by atoms with Crippen LogP contribution in [0, 0.1) is 0 Å². The lowest BCUT2D eigenvalue weighted by molar-refractivity contribution is -0.137. The number of carboxylic acids is 1. The first-order valence-corrected chi connectivity index (χ1v) is 9.64. The summed E-state index contributed by atoms with van der Waals surface area (Å²) in [6.07, 6.45) is 5.33. The van der Waals surface area contributed by atoms with Gasteiger partial charge in [-0.25, -0.2) is 4.98 Å². The Morgan fingerprint density at radius 3 is 2.78 bits per heavy atom. The molecular formula is C22H18N2O2S. The molecule has 0 saturated carbocycles. The van der Waals surface area contributed by atoms with E-state index in [4.69, 9.17) is 10.1 Å². The molecule has 2 heterocycles. The van der Waals surface area contributed by atoms with Gasteiger partial charge in [0.05, 0.1) is 15.7 Å². The first-order valence-electron chi connectivity index (χ1n) is 8.82. The summed E-state index contributed by atoms with van der Waals surface area (Å²) in [5.74, 6) is -0.768. The lowest BCUT2D eigenvalue weighted by atomic mass is 10.0. The van der Waals surface area contributed by atoms with Crippen molar-refractivity contribution < 1.29 is 9.90 Å². The number of aliphatic carboxylic acids is 1. The number of rotatable bonds is 6. The molecular weight excluding hydrogens is 356 g/mol. The van der Waals surface area contributed by atoms with Crippen LogP contribution in [0.4, 0.5) is 0 Å². The van der Waals surface area contributed by atoms with Crippen LogP contribution in [0.5, 0.6) is 0 Å². The average molecular weight is 374 g/mol. The number of aromatic nitrogens is 2. The number of pyridine rings is 1. The van der Waals surface area contributed by atoms with Crippen molar-refractivity contribution >= 4 is 50.1 Å². The fourth-order valence-electron chi connectivity index (χ4n) is 3.07. The highest BCUT2D eigenvalue weighted by atomic mass is 32.1. The number of benzene rings is 2. The van der Waals surface area contributed by atoms with Gasteiger partial charge in [0.2, 0.25) is 0 Å². The van der Waals surface area contributed by atoms with Gasteiger partial charge in [-0.2, -0.15) is 0 Å². The molecule has 0 bridgehead atoms. The summed E-state index contributed by atoms with van der Waals surface area (Å²) in [7, 11) is 0. The van der Waals surface area contributed by atoms with Crippen molar-refractivity contribution in [1.82, 2.24) is 9.97 Å². The van der Waals surface area contributed by atoms with Gasteiger partial charge in [0.15, 0.2) is 0 Å². The molecule has 0 fully saturated rings. The van der Waals surface area contributed by atoms with Crippen LogP contribution in [0.3, 0.4) is 0 Å². The molecule has 0 aliphatic carbocycles. The van der Waals surface area contributed by atoms with Crippen molar-refractivity contribution in [3.8, 4) is 0 Å². The number of thiazole rings is 1. The molecule has 5 heteroatoms. The minimum Gasteiger partial charge on any atom is -0.481 e. The third kappa shape index (κ3) is 4.04. The highest BCUT2D eigenvalue weighted by Gasteiger charge is 2.10. The molecule has 134 valence electrons. The van der Waals surface area contributed by atoms with Crippen molar-refractivity contribution in [2.24, 2.45) is 0 Å². The Labute approximate surface area is 160 Å². The number of carbonyl (C=O) groups is 1. The van der Waals surface area contributed by atoms with E-state index in [-0.39, 0.29) is 6.42 Å². The van der Waals surface area contributed by atoms with Crippen molar-refractivity contribution in [3.05, 3.63) is 71.4 Å². The predicted molar refractivity (Wildman–Crippen MR) is 111 cm³/mol. The Balaban J connectivity index is 1.73. The summed E-state index contributed by atoms with van der Waals surface area (Å²) in [4.78, 5) is 20.0. The van der Waals surface area contributed by atoms with Gasteiger partial charge in [-0.15, -0.1) is 11.3 Å². The number of fused-ring (bicyclic) bond motifs is 2. The van der Waals surface area contributed by atoms with E-state index in [1.54, 1.807) is 17.5 Å². The molecule has 0 unspecified atom stereocenters. The van der Waals surface area contributed by atoms with Gasteiger partial charge in [0.1, 0.15) is 5.01 Å². The van der Waals surface area contributed by atoms with Gasteiger partial charge >= 0.3 is 5.97 Å². The molecule has 0 aliphatic rings. The molecule has 0 spiro atoms. The molecule has 1 N–H and O–H groups in total. The third-order valence-corrected chi connectivity index (χ3v) is 5.49. The van der Waals surface area contributed by atoms with E-state index in [1.165, 1.54) is 0 Å². The molecule has 4 aromatic rings. The van der Waals surface area contributed by atoms with E-state index >= 15 is 0 Å². The van der Waals surface area contributed by atoms with Crippen LogP contribution >= 0.6 is 11.3 Å². The molecule has 27 heavy (non-hydrogen) atoms. The Kier molecular flexibility index (Phi) is 4.94. The van der Waals surface area contributed by atoms with E-state index < -0.39 is 5.97 Å². The van der Waals surface area contributed by atoms with Crippen LogP contribution in [0.15, 0.2) is 60.8 Å². The van der Waals surface area contributed by atoms with Crippen LogP contribution in [0.25, 0.3) is 32.8 Å². The monoisotopic (exact) mass is 374 g/mol. The number of hydrogen-bond acceptors (Lipinski definition) is 4. The van der Waals surface area contributed by atoms with Gasteiger partial charge < -0.3 is 5.11 Å². The molecule has 2 aromatic heterocycles. The summed E-state index contributed by atoms with van der Waals surface area (Å²) in [5.41, 5.74) is 4.08. The molecule has 0 amide bonds. The second kappa shape index (κ2) is 7.68. The standard InChI is InChI=1S/C22H18N2O2S/c25-21(26)9-3-5-17(22-24-19-7-1-2-8-20(19)27-22)14-15-10-11-18-16(13-15)6-4-12-23-18/h1-2,4,6-8,10-14H,3,5,9H2,(H,25,26)/b17-14-. The van der Waals surface area contributed by atoms with Crippen molar-refractivity contribution in [3.63, 3.8) is 0 Å². The zero-order valence-electron chi connectivity index (χ0n) is 14.6. The van der Waals surface area contributed by atoms with Crippen molar-refractivity contribution in [1.29, 1.82) is 0 Å². The van der Waals surface area contributed by atoms with Crippen LogP contribution in [-0.2, 0) is 4.79 Å². The summed E-state index contributed by atoms with van der Waals surface area (Å²) in [5, 5.41) is 11.0. The van der Waals surface area contributed by atoms with E-state index in [0.717, 1.165) is 37.3 Å². The highest BCUT2D eigenvalue weighted by Crippen LogP contribution is 2.31. The first kappa shape index (κ1) is 17.4. The van der Waals surface area contributed by atoms with Crippen LogP contribution in [-0.4, -0.2) is 21.0 Å².